The van der Waals surface area contributed by atoms with Gasteiger partial charge in [0.2, 0.25) is 11.8 Å². The molecule has 0 saturated heterocycles. The Labute approximate surface area is 132 Å². The smallest absolute Gasteiger partial charge is 0.247 e. The van der Waals surface area contributed by atoms with E-state index in [2.05, 4.69) is 50.4 Å². The first-order valence-electron chi connectivity index (χ1n) is 6.93. The number of benzene rings is 2. The van der Waals surface area contributed by atoms with Crippen LogP contribution in [-0.4, -0.2) is 10.2 Å². The monoisotopic (exact) mass is 342 g/mol. The Morgan fingerprint density at radius 1 is 0.857 bits per heavy atom. The minimum Gasteiger partial charge on any atom is -0.421 e. The molecule has 3 aromatic rings. The van der Waals surface area contributed by atoms with Crippen LogP contribution in [0.1, 0.15) is 17.9 Å². The molecule has 0 unspecified atom stereocenters. The van der Waals surface area contributed by atoms with Gasteiger partial charge in [0.1, 0.15) is 0 Å². The van der Waals surface area contributed by atoms with Crippen molar-refractivity contribution >= 4 is 15.9 Å². The van der Waals surface area contributed by atoms with Gasteiger partial charge in [0.25, 0.3) is 0 Å². The van der Waals surface area contributed by atoms with Gasteiger partial charge in [-0.1, -0.05) is 46.3 Å². The summed E-state index contributed by atoms with van der Waals surface area (Å²) in [7, 11) is 0. The minimum absolute atomic E-state index is 0.581. The highest BCUT2D eigenvalue weighted by Gasteiger charge is 2.08. The molecule has 1 aromatic heterocycles. The van der Waals surface area contributed by atoms with Crippen molar-refractivity contribution in [1.29, 1.82) is 0 Å². The van der Waals surface area contributed by atoms with Gasteiger partial charge in [-0.25, -0.2) is 0 Å². The highest BCUT2D eigenvalue weighted by molar-refractivity contribution is 9.10. The second-order valence-corrected chi connectivity index (χ2v) is 5.76. The van der Waals surface area contributed by atoms with E-state index in [0.717, 1.165) is 29.3 Å². The fourth-order valence-corrected chi connectivity index (χ4v) is 2.42. The summed E-state index contributed by atoms with van der Waals surface area (Å²) >= 11 is 3.41. The van der Waals surface area contributed by atoms with Gasteiger partial charge in [-0.3, -0.25) is 0 Å². The number of halogens is 1. The lowest BCUT2D eigenvalue weighted by molar-refractivity contribution is 0.497. The molecule has 0 fully saturated rings. The van der Waals surface area contributed by atoms with Gasteiger partial charge in [-0.2, -0.15) is 0 Å². The van der Waals surface area contributed by atoms with E-state index < -0.39 is 0 Å². The van der Waals surface area contributed by atoms with Crippen LogP contribution in [0.5, 0.6) is 0 Å². The van der Waals surface area contributed by atoms with E-state index >= 15 is 0 Å². The van der Waals surface area contributed by atoms with Crippen molar-refractivity contribution < 1.29 is 4.42 Å². The Morgan fingerprint density at radius 3 is 2.38 bits per heavy atom. The summed E-state index contributed by atoms with van der Waals surface area (Å²) in [5.74, 6) is 1.28. The number of aryl methyl sites for hydroxylation is 2. The Balaban J connectivity index is 1.59. The number of hydrogen-bond donors (Lipinski definition) is 0. The molecule has 0 N–H and O–H groups in total. The first-order chi connectivity index (χ1) is 10.3. The number of nitrogens with zero attached hydrogens (tertiary/aromatic N) is 2. The van der Waals surface area contributed by atoms with E-state index in [0.29, 0.717) is 11.8 Å². The molecule has 0 bridgehead atoms. The van der Waals surface area contributed by atoms with Crippen molar-refractivity contribution in [1.82, 2.24) is 10.2 Å². The van der Waals surface area contributed by atoms with Gasteiger partial charge < -0.3 is 4.42 Å². The van der Waals surface area contributed by atoms with Crippen molar-refractivity contribution in [2.45, 2.75) is 19.3 Å². The van der Waals surface area contributed by atoms with Gasteiger partial charge in [-0.15, -0.1) is 10.2 Å². The third-order valence-electron chi connectivity index (χ3n) is 3.26. The summed E-state index contributed by atoms with van der Waals surface area (Å²) in [6, 6.07) is 18.3. The SMILES string of the molecule is Brc1ccc(-c2nnc(CCCc3ccccc3)o2)cc1. The molecule has 0 aliphatic rings. The van der Waals surface area contributed by atoms with Crippen LogP contribution in [0, 0.1) is 0 Å². The third-order valence-corrected chi connectivity index (χ3v) is 3.79. The van der Waals surface area contributed by atoms with E-state index in [9.17, 15) is 0 Å². The molecule has 3 nitrogen and oxygen atoms in total. The molecule has 2 aromatic carbocycles. The van der Waals surface area contributed by atoms with Gasteiger partial charge >= 0.3 is 0 Å². The summed E-state index contributed by atoms with van der Waals surface area (Å²) in [4.78, 5) is 0. The molecule has 0 radical (unpaired) electrons. The Bertz CT molecular complexity index is 692. The summed E-state index contributed by atoms with van der Waals surface area (Å²) in [6.07, 6.45) is 2.83. The average Bonchev–Trinajstić information content (AvgIpc) is 2.98. The lowest BCUT2D eigenvalue weighted by atomic mass is 10.1. The predicted octanol–water partition coefficient (Wildman–Crippen LogP) is 4.67. The number of aromatic nitrogens is 2. The standard InChI is InChI=1S/C17H15BrN2O/c18-15-11-9-14(10-12-15)17-20-19-16(21-17)8-4-7-13-5-2-1-3-6-13/h1-3,5-6,9-12H,4,7-8H2. The van der Waals surface area contributed by atoms with Gasteiger partial charge in [-0.05, 0) is 42.7 Å². The molecule has 106 valence electrons. The van der Waals surface area contributed by atoms with E-state index in [1.807, 2.05) is 30.3 Å². The van der Waals surface area contributed by atoms with E-state index in [1.54, 1.807) is 0 Å². The molecule has 21 heavy (non-hydrogen) atoms. The van der Waals surface area contributed by atoms with Crippen molar-refractivity contribution in [3.05, 3.63) is 70.5 Å². The van der Waals surface area contributed by atoms with Gasteiger partial charge in [0, 0.05) is 16.5 Å². The van der Waals surface area contributed by atoms with Crippen LogP contribution < -0.4 is 0 Å². The molecule has 3 rings (SSSR count). The second-order valence-electron chi connectivity index (χ2n) is 4.85. The lowest BCUT2D eigenvalue weighted by Gasteiger charge is -1.98. The van der Waals surface area contributed by atoms with Crippen LogP contribution in [0.3, 0.4) is 0 Å². The Hall–Kier alpha value is -1.94. The fourth-order valence-electron chi connectivity index (χ4n) is 2.15. The summed E-state index contributed by atoms with van der Waals surface area (Å²) in [5.41, 5.74) is 2.28. The quantitative estimate of drug-likeness (QED) is 0.675. The first kappa shape index (κ1) is 14.0. The van der Waals surface area contributed by atoms with Crippen LogP contribution in [0.25, 0.3) is 11.5 Å². The zero-order valence-electron chi connectivity index (χ0n) is 11.5. The average molecular weight is 343 g/mol. The van der Waals surface area contributed by atoms with Crippen molar-refractivity contribution in [2.75, 3.05) is 0 Å². The molecule has 0 aliphatic heterocycles. The molecule has 0 spiro atoms. The van der Waals surface area contributed by atoms with Crippen molar-refractivity contribution in [2.24, 2.45) is 0 Å². The Morgan fingerprint density at radius 2 is 1.62 bits per heavy atom. The molecular weight excluding hydrogens is 328 g/mol. The normalized spacial score (nSPS) is 10.7. The zero-order valence-corrected chi connectivity index (χ0v) is 13.1. The number of hydrogen-bond acceptors (Lipinski definition) is 3. The summed E-state index contributed by atoms with van der Waals surface area (Å²) < 4.78 is 6.75. The van der Waals surface area contributed by atoms with Crippen LogP contribution >= 0.6 is 15.9 Å². The van der Waals surface area contributed by atoms with Crippen molar-refractivity contribution in [3.63, 3.8) is 0 Å². The molecule has 4 heteroatoms. The highest BCUT2D eigenvalue weighted by Crippen LogP contribution is 2.21. The summed E-state index contributed by atoms with van der Waals surface area (Å²) in [6.45, 7) is 0. The minimum atomic E-state index is 0.581. The van der Waals surface area contributed by atoms with Crippen LogP contribution in [-0.2, 0) is 12.8 Å². The second kappa shape index (κ2) is 6.68. The predicted molar refractivity (Wildman–Crippen MR) is 85.9 cm³/mol. The van der Waals surface area contributed by atoms with Crippen LogP contribution in [0.15, 0.2) is 63.5 Å². The van der Waals surface area contributed by atoms with Crippen LogP contribution in [0.2, 0.25) is 0 Å². The van der Waals surface area contributed by atoms with Crippen molar-refractivity contribution in [3.8, 4) is 11.5 Å². The highest BCUT2D eigenvalue weighted by atomic mass is 79.9. The molecule has 1 heterocycles. The third kappa shape index (κ3) is 3.79. The molecule has 0 aliphatic carbocycles. The molecule has 0 atom stereocenters. The van der Waals surface area contributed by atoms with Crippen LogP contribution in [0.4, 0.5) is 0 Å². The largest absolute Gasteiger partial charge is 0.421 e. The Kier molecular flexibility index (Phi) is 4.46. The molecule has 0 amide bonds. The molecular formula is C17H15BrN2O. The zero-order chi connectivity index (χ0) is 14.5. The lowest BCUT2D eigenvalue weighted by Crippen LogP contribution is -1.90. The maximum Gasteiger partial charge on any atom is 0.247 e. The topological polar surface area (TPSA) is 38.9 Å². The molecule has 0 saturated carbocycles. The first-order valence-corrected chi connectivity index (χ1v) is 7.73. The van der Waals surface area contributed by atoms with Gasteiger partial charge in [0.05, 0.1) is 0 Å². The van der Waals surface area contributed by atoms with Gasteiger partial charge in [0.15, 0.2) is 0 Å². The number of rotatable bonds is 5. The fraction of sp³-hybridized carbons (Fsp3) is 0.176. The summed E-state index contributed by atoms with van der Waals surface area (Å²) in [5, 5.41) is 8.23. The van der Waals surface area contributed by atoms with E-state index in [4.69, 9.17) is 4.42 Å². The van der Waals surface area contributed by atoms with E-state index in [1.165, 1.54) is 5.56 Å². The van der Waals surface area contributed by atoms with E-state index in [-0.39, 0.29) is 0 Å². The maximum absolute atomic E-state index is 5.71. The maximum atomic E-state index is 5.71.